The second-order valence-corrected chi connectivity index (χ2v) is 10.4. The van der Waals surface area contributed by atoms with Crippen LogP contribution in [0.25, 0.3) is 0 Å². The van der Waals surface area contributed by atoms with Crippen molar-refractivity contribution >= 4 is 5.91 Å². The number of hydrogen-bond acceptors (Lipinski definition) is 3. The lowest BCUT2D eigenvalue weighted by Crippen LogP contribution is -2.46. The van der Waals surface area contributed by atoms with Crippen molar-refractivity contribution in [3.8, 4) is 0 Å². The predicted molar refractivity (Wildman–Crippen MR) is 137 cm³/mol. The van der Waals surface area contributed by atoms with Crippen LogP contribution >= 0.6 is 0 Å². The van der Waals surface area contributed by atoms with Crippen molar-refractivity contribution in [1.29, 1.82) is 0 Å². The maximum Gasteiger partial charge on any atom is 0.229 e. The number of piperidine rings is 1. The normalized spacial score (nSPS) is 18.4. The van der Waals surface area contributed by atoms with E-state index in [-0.39, 0.29) is 11.8 Å². The minimum atomic E-state index is -0.0809. The molecule has 1 fully saturated rings. The van der Waals surface area contributed by atoms with Crippen molar-refractivity contribution in [3.63, 3.8) is 0 Å². The average Bonchev–Trinajstić information content (AvgIpc) is 3.27. The lowest BCUT2D eigenvalue weighted by molar-refractivity contribution is -0.133. The summed E-state index contributed by atoms with van der Waals surface area (Å²) in [5.41, 5.74) is 4.20. The van der Waals surface area contributed by atoms with Gasteiger partial charge in [-0.05, 0) is 95.4 Å². The summed E-state index contributed by atoms with van der Waals surface area (Å²) in [6, 6.07) is 19.9. The molecule has 4 rings (SSSR count). The molecule has 178 valence electrons. The van der Waals surface area contributed by atoms with Gasteiger partial charge < -0.3 is 9.80 Å². The van der Waals surface area contributed by atoms with Gasteiger partial charge in [-0.2, -0.15) is 0 Å². The molecule has 0 aromatic heterocycles. The predicted octanol–water partition coefficient (Wildman–Crippen LogP) is 4.45. The molecule has 1 unspecified atom stereocenters. The molecule has 0 N–H and O–H groups in total. The fourth-order valence-corrected chi connectivity index (χ4v) is 5.63. The Hall–Kier alpha value is -2.17. The SMILES string of the molecule is CC(C(=O)N(CCCN(C)C)CC1CCN(C2Cc3ccccc3C2)CC1)c1ccccc1. The summed E-state index contributed by atoms with van der Waals surface area (Å²) < 4.78 is 0. The zero-order valence-corrected chi connectivity index (χ0v) is 20.7. The first-order valence-electron chi connectivity index (χ1n) is 12.8. The summed E-state index contributed by atoms with van der Waals surface area (Å²) in [5.74, 6) is 0.813. The highest BCUT2D eigenvalue weighted by Crippen LogP contribution is 2.29. The molecule has 1 heterocycles. The van der Waals surface area contributed by atoms with Crippen molar-refractivity contribution < 1.29 is 4.79 Å². The van der Waals surface area contributed by atoms with E-state index in [1.54, 1.807) is 0 Å². The van der Waals surface area contributed by atoms with Gasteiger partial charge in [0.05, 0.1) is 5.92 Å². The Balaban J connectivity index is 1.33. The van der Waals surface area contributed by atoms with Crippen LogP contribution in [0.4, 0.5) is 0 Å². The number of amides is 1. The average molecular weight is 448 g/mol. The molecule has 1 aliphatic carbocycles. The van der Waals surface area contributed by atoms with Gasteiger partial charge in [0.25, 0.3) is 0 Å². The molecule has 2 aliphatic rings. The van der Waals surface area contributed by atoms with Gasteiger partial charge in [-0.25, -0.2) is 0 Å². The quantitative estimate of drug-likeness (QED) is 0.568. The highest BCUT2D eigenvalue weighted by atomic mass is 16.2. The fourth-order valence-electron chi connectivity index (χ4n) is 5.63. The van der Waals surface area contributed by atoms with Crippen molar-refractivity contribution in [2.75, 3.05) is 46.8 Å². The largest absolute Gasteiger partial charge is 0.342 e. The standard InChI is InChI=1S/C29H41N3O/c1-23(25-10-5-4-6-11-25)29(33)32(17-9-16-30(2)3)22-24-14-18-31(19-15-24)28-20-26-12-7-8-13-27(26)21-28/h4-8,10-13,23-24,28H,9,14-22H2,1-3H3. The third-order valence-corrected chi connectivity index (χ3v) is 7.69. The molecule has 0 bridgehead atoms. The number of fused-ring (bicyclic) bond motifs is 1. The van der Waals surface area contributed by atoms with Crippen LogP contribution in [0.5, 0.6) is 0 Å². The van der Waals surface area contributed by atoms with Gasteiger partial charge in [-0.15, -0.1) is 0 Å². The lowest BCUT2D eigenvalue weighted by Gasteiger charge is -2.38. The molecular weight excluding hydrogens is 406 g/mol. The van der Waals surface area contributed by atoms with Crippen molar-refractivity contribution in [2.24, 2.45) is 5.92 Å². The number of rotatable bonds is 9. The Morgan fingerprint density at radius 3 is 2.15 bits per heavy atom. The van der Waals surface area contributed by atoms with Gasteiger partial charge in [0.15, 0.2) is 0 Å². The zero-order valence-electron chi connectivity index (χ0n) is 20.7. The third kappa shape index (κ3) is 6.24. The molecule has 1 amide bonds. The first kappa shape index (κ1) is 24.0. The van der Waals surface area contributed by atoms with E-state index in [2.05, 4.69) is 72.1 Å². The number of hydrogen-bond donors (Lipinski definition) is 0. The molecule has 33 heavy (non-hydrogen) atoms. The summed E-state index contributed by atoms with van der Waals surface area (Å²) >= 11 is 0. The van der Waals surface area contributed by atoms with Crippen LogP contribution in [0.15, 0.2) is 54.6 Å². The Morgan fingerprint density at radius 1 is 0.939 bits per heavy atom. The summed E-state index contributed by atoms with van der Waals surface area (Å²) in [4.78, 5) is 20.6. The van der Waals surface area contributed by atoms with Gasteiger partial charge in [0, 0.05) is 19.1 Å². The van der Waals surface area contributed by atoms with E-state index in [0.717, 1.165) is 44.7 Å². The van der Waals surface area contributed by atoms with Gasteiger partial charge in [0.1, 0.15) is 0 Å². The third-order valence-electron chi connectivity index (χ3n) is 7.69. The molecule has 0 saturated carbocycles. The Kier molecular flexibility index (Phi) is 8.21. The van der Waals surface area contributed by atoms with E-state index in [1.807, 2.05) is 18.2 Å². The van der Waals surface area contributed by atoms with Crippen LogP contribution in [0.2, 0.25) is 0 Å². The molecule has 1 saturated heterocycles. The van der Waals surface area contributed by atoms with E-state index < -0.39 is 0 Å². The summed E-state index contributed by atoms with van der Waals surface area (Å²) in [7, 11) is 4.21. The summed E-state index contributed by atoms with van der Waals surface area (Å²) in [6.45, 7) is 7.17. The second-order valence-electron chi connectivity index (χ2n) is 10.4. The molecule has 0 spiro atoms. The Bertz CT molecular complexity index is 864. The monoisotopic (exact) mass is 447 g/mol. The minimum absolute atomic E-state index is 0.0809. The number of likely N-dealkylation sites (tertiary alicyclic amines) is 1. The molecule has 2 aromatic carbocycles. The number of nitrogens with zero attached hydrogens (tertiary/aromatic N) is 3. The van der Waals surface area contributed by atoms with Crippen LogP contribution < -0.4 is 0 Å². The first-order valence-corrected chi connectivity index (χ1v) is 12.8. The molecule has 2 aromatic rings. The van der Waals surface area contributed by atoms with E-state index in [0.29, 0.717) is 12.0 Å². The minimum Gasteiger partial charge on any atom is -0.342 e. The maximum absolute atomic E-state index is 13.5. The van der Waals surface area contributed by atoms with E-state index in [1.165, 1.54) is 36.8 Å². The summed E-state index contributed by atoms with van der Waals surface area (Å²) in [5, 5.41) is 0. The highest BCUT2D eigenvalue weighted by molar-refractivity contribution is 5.83. The van der Waals surface area contributed by atoms with Crippen LogP contribution in [-0.4, -0.2) is 73.5 Å². The van der Waals surface area contributed by atoms with Gasteiger partial charge in [-0.1, -0.05) is 54.6 Å². The molecule has 4 heteroatoms. The second kappa shape index (κ2) is 11.3. The smallest absolute Gasteiger partial charge is 0.229 e. The maximum atomic E-state index is 13.5. The van der Waals surface area contributed by atoms with Crippen molar-refractivity contribution in [1.82, 2.24) is 14.7 Å². The van der Waals surface area contributed by atoms with Gasteiger partial charge >= 0.3 is 0 Å². The van der Waals surface area contributed by atoms with Crippen LogP contribution in [-0.2, 0) is 17.6 Å². The fraction of sp³-hybridized carbons (Fsp3) is 0.552. The van der Waals surface area contributed by atoms with Crippen LogP contribution in [0.1, 0.15) is 48.8 Å². The van der Waals surface area contributed by atoms with Crippen molar-refractivity contribution in [3.05, 3.63) is 71.3 Å². The molecule has 4 nitrogen and oxygen atoms in total. The first-order chi connectivity index (χ1) is 16.0. The number of carbonyl (C=O) groups excluding carboxylic acids is 1. The molecule has 1 aliphatic heterocycles. The lowest BCUT2D eigenvalue weighted by atomic mass is 9.93. The van der Waals surface area contributed by atoms with Gasteiger partial charge in [-0.3, -0.25) is 9.69 Å². The van der Waals surface area contributed by atoms with E-state index in [4.69, 9.17) is 0 Å². The van der Waals surface area contributed by atoms with E-state index in [9.17, 15) is 4.79 Å². The van der Waals surface area contributed by atoms with E-state index >= 15 is 0 Å². The number of carbonyl (C=O) groups is 1. The van der Waals surface area contributed by atoms with Crippen molar-refractivity contribution in [2.45, 2.75) is 51.0 Å². The topological polar surface area (TPSA) is 26.8 Å². The molecule has 0 radical (unpaired) electrons. The summed E-state index contributed by atoms with van der Waals surface area (Å²) in [6.07, 6.45) is 5.82. The molecular formula is C29H41N3O. The number of benzene rings is 2. The van der Waals surface area contributed by atoms with Crippen LogP contribution in [0, 0.1) is 5.92 Å². The van der Waals surface area contributed by atoms with Crippen LogP contribution in [0.3, 0.4) is 0 Å². The Labute approximate surface area is 200 Å². The zero-order chi connectivity index (χ0) is 23.2. The van der Waals surface area contributed by atoms with Gasteiger partial charge in [0.2, 0.25) is 5.91 Å². The highest BCUT2D eigenvalue weighted by Gasteiger charge is 2.31. The molecule has 1 atom stereocenters. The Morgan fingerprint density at radius 2 is 1.55 bits per heavy atom.